The van der Waals surface area contributed by atoms with Crippen LogP contribution in [0.5, 0.6) is 0 Å². The van der Waals surface area contributed by atoms with Crippen molar-refractivity contribution in [1.29, 1.82) is 0 Å². The van der Waals surface area contributed by atoms with Gasteiger partial charge >= 0.3 is 0 Å². The van der Waals surface area contributed by atoms with Gasteiger partial charge in [0.25, 0.3) is 0 Å². The Labute approximate surface area is 310 Å². The highest BCUT2D eigenvalue weighted by atomic mass is 32.2. The summed E-state index contributed by atoms with van der Waals surface area (Å²) in [6.45, 7) is 4.84. The fraction of sp³-hybridized carbons (Fsp3) is 0.267. The molecule has 0 amide bonds. The second-order valence-corrected chi connectivity index (χ2v) is 14.3. The Morgan fingerprint density at radius 1 is 0.654 bits per heavy atom. The third-order valence-electron chi connectivity index (χ3n) is 9.47. The van der Waals surface area contributed by atoms with Gasteiger partial charge in [0, 0.05) is 4.91 Å². The van der Waals surface area contributed by atoms with Crippen LogP contribution in [0, 0.1) is 0 Å². The number of ketones is 1. The first-order valence-corrected chi connectivity index (χ1v) is 18.7. The molecule has 0 saturated carbocycles. The van der Waals surface area contributed by atoms with Crippen LogP contribution in [-0.2, 0) is 48.3 Å². The van der Waals surface area contributed by atoms with E-state index in [1.165, 1.54) is 11.8 Å². The molecule has 0 spiro atoms. The van der Waals surface area contributed by atoms with E-state index in [1.54, 1.807) is 6.92 Å². The van der Waals surface area contributed by atoms with Gasteiger partial charge in [-0.1, -0.05) is 146 Å². The molecule has 52 heavy (non-hydrogen) atoms. The molecule has 0 radical (unpaired) electrons. The van der Waals surface area contributed by atoms with Crippen molar-refractivity contribution in [3.63, 3.8) is 0 Å². The van der Waals surface area contributed by atoms with Crippen molar-refractivity contribution < 1.29 is 28.5 Å². The number of hydrogen-bond donors (Lipinski definition) is 0. The average Bonchev–Trinajstić information content (AvgIpc) is 3.50. The maximum atomic E-state index is 13.0. The first kappa shape index (κ1) is 36.0. The summed E-state index contributed by atoms with van der Waals surface area (Å²) in [5, 5.41) is -0.468. The van der Waals surface area contributed by atoms with Crippen LogP contribution in [0.3, 0.4) is 0 Å². The summed E-state index contributed by atoms with van der Waals surface area (Å²) in [4.78, 5) is 13.6. The Balaban J connectivity index is 1.27. The highest BCUT2D eigenvalue weighted by molar-refractivity contribution is 8.04. The van der Waals surface area contributed by atoms with Gasteiger partial charge in [0.15, 0.2) is 12.1 Å². The van der Waals surface area contributed by atoms with Gasteiger partial charge < -0.3 is 23.7 Å². The van der Waals surface area contributed by atoms with Crippen molar-refractivity contribution >= 4 is 17.5 Å². The van der Waals surface area contributed by atoms with E-state index in [0.29, 0.717) is 24.7 Å². The zero-order valence-electron chi connectivity index (χ0n) is 29.5. The second kappa shape index (κ2) is 17.5. The highest BCUT2D eigenvalue weighted by Crippen LogP contribution is 2.48. The van der Waals surface area contributed by atoms with E-state index in [9.17, 15) is 4.79 Å². The number of benzene rings is 5. The van der Waals surface area contributed by atoms with Crippen LogP contribution >= 0.6 is 11.8 Å². The van der Waals surface area contributed by atoms with Crippen LogP contribution < -0.4 is 0 Å². The summed E-state index contributed by atoms with van der Waals surface area (Å²) < 4.78 is 34.3. The minimum Gasteiger partial charge on any atom is -0.374 e. The van der Waals surface area contributed by atoms with Crippen molar-refractivity contribution in [3.8, 4) is 11.1 Å². The fourth-order valence-corrected chi connectivity index (χ4v) is 8.13. The van der Waals surface area contributed by atoms with Crippen molar-refractivity contribution in [2.75, 3.05) is 6.61 Å². The molecule has 0 bridgehead atoms. The van der Waals surface area contributed by atoms with E-state index < -0.39 is 29.9 Å². The maximum absolute atomic E-state index is 13.0. The highest BCUT2D eigenvalue weighted by Gasteiger charge is 2.50. The molecule has 0 unspecified atom stereocenters. The first-order valence-electron chi connectivity index (χ1n) is 17.8. The molecule has 1 aliphatic heterocycles. The van der Waals surface area contributed by atoms with E-state index >= 15 is 0 Å². The molecule has 266 valence electrons. The average molecular weight is 713 g/mol. The number of carbonyl (C=O) groups is 1. The molecule has 6 nitrogen and oxygen atoms in total. The summed E-state index contributed by atoms with van der Waals surface area (Å²) >= 11 is 1.44. The normalized spacial score (nSPS) is 21.4. The molecule has 1 saturated heterocycles. The zero-order valence-corrected chi connectivity index (χ0v) is 30.3. The number of hydrogen-bond acceptors (Lipinski definition) is 7. The van der Waals surface area contributed by atoms with Crippen LogP contribution in [0.1, 0.15) is 47.8 Å². The van der Waals surface area contributed by atoms with Crippen LogP contribution in [0.15, 0.2) is 151 Å². The number of carbonyl (C=O) groups excluding carboxylic acids is 1. The lowest BCUT2D eigenvalue weighted by atomic mass is 9.99. The van der Waals surface area contributed by atoms with Crippen LogP contribution in [0.2, 0.25) is 0 Å². The van der Waals surface area contributed by atoms with Crippen molar-refractivity contribution in [3.05, 3.63) is 178 Å². The van der Waals surface area contributed by atoms with E-state index in [2.05, 4.69) is 48.5 Å². The molecular formula is C45H44O6S. The quantitative estimate of drug-likeness (QED) is 0.100. The zero-order chi connectivity index (χ0) is 35.7. The Hall–Kier alpha value is -4.34. The predicted octanol–water partition coefficient (Wildman–Crippen LogP) is 9.48. The summed E-state index contributed by atoms with van der Waals surface area (Å²) in [7, 11) is 0. The van der Waals surface area contributed by atoms with E-state index in [0.717, 1.165) is 38.9 Å². The smallest absolute Gasteiger partial charge is 0.174 e. The van der Waals surface area contributed by atoms with Gasteiger partial charge in [0.1, 0.15) is 24.4 Å². The van der Waals surface area contributed by atoms with Crippen LogP contribution in [0.25, 0.3) is 11.1 Å². The Morgan fingerprint density at radius 3 is 1.65 bits per heavy atom. The SMILES string of the molecule is C/C=C(/S[C@H]1[C@H](OC2c3ccccc3-c3ccccc32)O[C@H](COCc2ccccc2)[C@@H](OCc2ccccc2)[C@@H]1OCc1ccccc1)C(C)=O. The second-order valence-electron chi connectivity index (χ2n) is 13.0. The van der Waals surface area contributed by atoms with Crippen molar-refractivity contribution in [1.82, 2.24) is 0 Å². The number of Topliss-reactive ketones (excluding diaryl/α,β-unsaturated/α-hetero) is 1. The Bertz CT molecular complexity index is 1890. The molecular weight excluding hydrogens is 669 g/mol. The molecule has 7 rings (SSSR count). The molecule has 5 aromatic rings. The number of fused-ring (bicyclic) bond motifs is 3. The third-order valence-corrected chi connectivity index (χ3v) is 11.0. The van der Waals surface area contributed by atoms with E-state index in [-0.39, 0.29) is 18.5 Å². The maximum Gasteiger partial charge on any atom is 0.174 e. The summed E-state index contributed by atoms with van der Waals surface area (Å²) in [5.74, 6) is -0.0281. The lowest BCUT2D eigenvalue weighted by Gasteiger charge is -2.46. The molecule has 2 aliphatic rings. The van der Waals surface area contributed by atoms with Gasteiger partial charge in [0.05, 0.1) is 31.7 Å². The molecule has 0 N–H and O–H groups in total. The van der Waals surface area contributed by atoms with Gasteiger partial charge in [0.2, 0.25) is 0 Å². The number of rotatable bonds is 15. The number of thioether (sulfide) groups is 1. The first-order chi connectivity index (χ1) is 25.6. The van der Waals surface area contributed by atoms with E-state index in [1.807, 2.05) is 104 Å². The predicted molar refractivity (Wildman–Crippen MR) is 205 cm³/mol. The molecule has 1 heterocycles. The largest absolute Gasteiger partial charge is 0.374 e. The summed E-state index contributed by atoms with van der Waals surface area (Å²) in [6, 6.07) is 47.0. The van der Waals surface area contributed by atoms with Gasteiger partial charge in [-0.2, -0.15) is 0 Å². The fourth-order valence-electron chi connectivity index (χ4n) is 6.93. The van der Waals surface area contributed by atoms with Gasteiger partial charge in [-0.05, 0) is 52.8 Å². The van der Waals surface area contributed by atoms with Gasteiger partial charge in [-0.25, -0.2) is 0 Å². The van der Waals surface area contributed by atoms with Gasteiger partial charge in [-0.15, -0.1) is 11.8 Å². The molecule has 5 aromatic carbocycles. The summed E-state index contributed by atoms with van der Waals surface area (Å²) in [5.41, 5.74) is 7.58. The van der Waals surface area contributed by atoms with Crippen LogP contribution in [0.4, 0.5) is 0 Å². The molecule has 1 fully saturated rings. The number of allylic oxidation sites excluding steroid dienone is 2. The van der Waals surface area contributed by atoms with Crippen LogP contribution in [-0.4, -0.2) is 42.2 Å². The minimum atomic E-state index is -0.786. The molecule has 1 aliphatic carbocycles. The van der Waals surface area contributed by atoms with Gasteiger partial charge in [-0.3, -0.25) is 4.79 Å². The van der Waals surface area contributed by atoms with E-state index in [4.69, 9.17) is 23.7 Å². The topological polar surface area (TPSA) is 63.2 Å². The lowest BCUT2D eigenvalue weighted by molar-refractivity contribution is -0.281. The van der Waals surface area contributed by atoms with Crippen molar-refractivity contribution in [2.24, 2.45) is 0 Å². The Morgan fingerprint density at radius 2 is 1.13 bits per heavy atom. The standard InChI is InChI=1S/C45H44O6S/c1-3-40(31(2)46)52-44-43(49-29-34-21-11-6-12-22-34)42(48-28-33-19-9-5-10-20-33)39(30-47-27-32-17-7-4-8-18-32)50-45(44)51-41-37-25-15-13-23-35(37)36-24-14-16-26-38(36)41/h3-26,39,41-45H,27-30H2,1-2H3/b40-3+/t39-,42-,43+,44-,45+/m1/s1. The number of ether oxygens (including phenoxy) is 5. The van der Waals surface area contributed by atoms with Crippen molar-refractivity contribution in [2.45, 2.75) is 69.6 Å². The lowest BCUT2D eigenvalue weighted by Crippen LogP contribution is -2.60. The monoisotopic (exact) mass is 712 g/mol. The summed E-state index contributed by atoms with van der Waals surface area (Å²) in [6.07, 6.45) is -0.953. The molecule has 7 heteroatoms. The Kier molecular flexibility index (Phi) is 12.1. The minimum absolute atomic E-state index is 0.0281. The molecule has 5 atom stereocenters. The molecule has 0 aromatic heterocycles. The third kappa shape index (κ3) is 8.48.